The smallest absolute Gasteiger partial charge is 0.408 e. The van der Waals surface area contributed by atoms with Gasteiger partial charge in [0.25, 0.3) is 0 Å². The van der Waals surface area contributed by atoms with Gasteiger partial charge in [-0.15, -0.1) is 0 Å². The van der Waals surface area contributed by atoms with Crippen LogP contribution >= 0.6 is 0 Å². The van der Waals surface area contributed by atoms with Crippen LogP contribution in [0.25, 0.3) is 0 Å². The third kappa shape index (κ3) is 11.6. The molecular formula is C32H45N3O6. The maximum Gasteiger partial charge on any atom is 0.408 e. The van der Waals surface area contributed by atoms with Gasteiger partial charge < -0.3 is 25.0 Å². The Morgan fingerprint density at radius 2 is 1.59 bits per heavy atom. The predicted octanol–water partition coefficient (Wildman–Crippen LogP) is 4.87. The number of nitrogens with zero attached hydrogens (tertiary/aromatic N) is 1. The summed E-state index contributed by atoms with van der Waals surface area (Å²) in [7, 11) is 1.24. The number of alkyl carbamates (subject to hydrolysis) is 1. The number of benzene rings is 2. The lowest BCUT2D eigenvalue weighted by Gasteiger charge is -2.34. The molecular weight excluding hydrogens is 522 g/mol. The number of aryl methyl sites for hydroxylation is 1. The van der Waals surface area contributed by atoms with E-state index in [0.717, 1.165) is 30.4 Å². The number of amides is 3. The molecule has 0 fully saturated rings. The number of hydrogen-bond acceptors (Lipinski definition) is 6. The Labute approximate surface area is 244 Å². The summed E-state index contributed by atoms with van der Waals surface area (Å²) in [5, 5.41) is 5.38. The highest BCUT2D eigenvalue weighted by molar-refractivity contribution is 5.93. The van der Waals surface area contributed by atoms with Crippen LogP contribution in [0.15, 0.2) is 54.6 Å². The van der Waals surface area contributed by atoms with Crippen LogP contribution in [0.4, 0.5) is 4.79 Å². The second kappa shape index (κ2) is 16.4. The number of esters is 1. The Bertz CT molecular complexity index is 1130. The van der Waals surface area contributed by atoms with Crippen molar-refractivity contribution in [2.75, 3.05) is 20.2 Å². The zero-order chi connectivity index (χ0) is 30.4. The summed E-state index contributed by atoms with van der Waals surface area (Å²) in [6.45, 7) is 9.23. The summed E-state index contributed by atoms with van der Waals surface area (Å²) < 4.78 is 10.2. The van der Waals surface area contributed by atoms with E-state index in [0.29, 0.717) is 12.0 Å². The van der Waals surface area contributed by atoms with Gasteiger partial charge in [0.2, 0.25) is 11.8 Å². The maximum atomic E-state index is 14.4. The van der Waals surface area contributed by atoms with Gasteiger partial charge in [-0.3, -0.25) is 14.4 Å². The fourth-order valence-electron chi connectivity index (χ4n) is 4.33. The molecule has 3 amide bonds. The molecule has 2 rings (SSSR count). The van der Waals surface area contributed by atoms with Crippen LogP contribution in [0.1, 0.15) is 76.1 Å². The fraction of sp³-hybridized carbons (Fsp3) is 0.500. The quantitative estimate of drug-likeness (QED) is 0.249. The van der Waals surface area contributed by atoms with Crippen LogP contribution in [0.3, 0.4) is 0 Å². The standard InChI is InChI=1S/C32H45N3O6/c1-7-8-9-13-20-35(28(25-18-16-23(2)17-19-25)29(37)33-22-27(36)40-6)30(38)26(21-24-14-11-10-12-15-24)34-31(39)41-32(3,4)5/h10-12,14-19,26,28H,7-9,13,20-22H2,1-6H3,(H,33,37)(H,34,39). The Hall–Kier alpha value is -3.88. The lowest BCUT2D eigenvalue weighted by atomic mass is 9.99. The lowest BCUT2D eigenvalue weighted by Crippen LogP contribution is -2.54. The third-order valence-corrected chi connectivity index (χ3v) is 6.40. The Morgan fingerprint density at radius 1 is 0.927 bits per heavy atom. The Balaban J connectivity index is 2.53. The molecule has 0 aromatic heterocycles. The minimum Gasteiger partial charge on any atom is -0.468 e. The van der Waals surface area contributed by atoms with Crippen molar-refractivity contribution in [1.82, 2.24) is 15.5 Å². The van der Waals surface area contributed by atoms with Crippen molar-refractivity contribution in [3.8, 4) is 0 Å². The van der Waals surface area contributed by atoms with Gasteiger partial charge >= 0.3 is 12.1 Å². The number of methoxy groups -OCH3 is 1. The van der Waals surface area contributed by atoms with Gasteiger partial charge in [0.15, 0.2) is 0 Å². The molecule has 0 bridgehead atoms. The molecule has 0 spiro atoms. The van der Waals surface area contributed by atoms with E-state index in [1.807, 2.05) is 49.4 Å². The SMILES string of the molecule is CCCCCCN(C(=O)C(Cc1ccccc1)NC(=O)OC(C)(C)C)C(C(=O)NCC(=O)OC)c1ccc(C)cc1. The van der Waals surface area contributed by atoms with Crippen LogP contribution in [0.5, 0.6) is 0 Å². The van der Waals surface area contributed by atoms with Crippen molar-refractivity contribution in [2.45, 2.75) is 84.4 Å². The van der Waals surface area contributed by atoms with Crippen LogP contribution in [0, 0.1) is 6.92 Å². The van der Waals surface area contributed by atoms with Crippen molar-refractivity contribution >= 4 is 23.9 Å². The molecule has 0 saturated carbocycles. The number of unbranched alkanes of at least 4 members (excludes halogenated alkanes) is 3. The van der Waals surface area contributed by atoms with E-state index in [2.05, 4.69) is 17.6 Å². The van der Waals surface area contributed by atoms with Gasteiger partial charge in [0.1, 0.15) is 24.2 Å². The van der Waals surface area contributed by atoms with Gasteiger partial charge in [-0.1, -0.05) is 86.3 Å². The molecule has 2 atom stereocenters. The van der Waals surface area contributed by atoms with E-state index >= 15 is 0 Å². The molecule has 0 saturated heterocycles. The molecule has 2 N–H and O–H groups in total. The average molecular weight is 568 g/mol. The summed E-state index contributed by atoms with van der Waals surface area (Å²) in [6, 6.07) is 14.7. The number of nitrogens with one attached hydrogen (secondary N) is 2. The summed E-state index contributed by atoms with van der Waals surface area (Å²) in [5.74, 6) is -1.54. The first kappa shape index (κ1) is 33.3. The minimum atomic E-state index is -1.03. The zero-order valence-electron chi connectivity index (χ0n) is 25.2. The van der Waals surface area contributed by atoms with Gasteiger partial charge in [-0.2, -0.15) is 0 Å². The minimum absolute atomic E-state index is 0.203. The fourth-order valence-corrected chi connectivity index (χ4v) is 4.33. The van der Waals surface area contributed by atoms with E-state index < -0.39 is 41.6 Å². The van der Waals surface area contributed by atoms with Gasteiger partial charge in [-0.25, -0.2) is 4.79 Å². The van der Waals surface area contributed by atoms with E-state index in [4.69, 9.17) is 9.47 Å². The number of carbonyl (C=O) groups excluding carboxylic acids is 4. The van der Waals surface area contributed by atoms with E-state index in [-0.39, 0.29) is 19.5 Å². The second-order valence-electron chi connectivity index (χ2n) is 11.1. The predicted molar refractivity (Wildman–Crippen MR) is 158 cm³/mol. The van der Waals surface area contributed by atoms with Crippen molar-refractivity contribution in [1.29, 1.82) is 0 Å². The summed E-state index contributed by atoms with van der Waals surface area (Å²) in [4.78, 5) is 54.2. The van der Waals surface area contributed by atoms with E-state index in [1.165, 1.54) is 12.0 Å². The van der Waals surface area contributed by atoms with Gasteiger partial charge in [0, 0.05) is 13.0 Å². The summed E-state index contributed by atoms with van der Waals surface area (Å²) in [5.41, 5.74) is 1.67. The molecule has 9 nitrogen and oxygen atoms in total. The van der Waals surface area contributed by atoms with Crippen LogP contribution in [-0.4, -0.2) is 60.6 Å². The lowest BCUT2D eigenvalue weighted by molar-refractivity contribution is -0.144. The molecule has 224 valence electrons. The van der Waals surface area contributed by atoms with Crippen LogP contribution in [-0.2, 0) is 30.3 Å². The Morgan fingerprint density at radius 3 is 2.17 bits per heavy atom. The number of ether oxygens (including phenoxy) is 2. The highest BCUT2D eigenvalue weighted by atomic mass is 16.6. The molecule has 2 aromatic rings. The monoisotopic (exact) mass is 567 g/mol. The number of carbonyl (C=O) groups is 4. The van der Waals surface area contributed by atoms with Gasteiger partial charge in [0.05, 0.1) is 7.11 Å². The Kier molecular flexibility index (Phi) is 13.3. The van der Waals surface area contributed by atoms with Crippen molar-refractivity contribution in [3.05, 3.63) is 71.3 Å². The first-order valence-electron chi connectivity index (χ1n) is 14.2. The molecule has 2 aromatic carbocycles. The maximum absolute atomic E-state index is 14.4. The second-order valence-corrected chi connectivity index (χ2v) is 11.1. The largest absolute Gasteiger partial charge is 0.468 e. The molecule has 0 heterocycles. The van der Waals surface area contributed by atoms with E-state index in [9.17, 15) is 19.2 Å². The summed E-state index contributed by atoms with van der Waals surface area (Å²) in [6.07, 6.45) is 3.00. The average Bonchev–Trinajstić information content (AvgIpc) is 2.92. The topological polar surface area (TPSA) is 114 Å². The third-order valence-electron chi connectivity index (χ3n) is 6.40. The molecule has 0 aliphatic carbocycles. The zero-order valence-corrected chi connectivity index (χ0v) is 25.2. The molecule has 9 heteroatoms. The first-order chi connectivity index (χ1) is 19.4. The first-order valence-corrected chi connectivity index (χ1v) is 14.2. The normalized spacial score (nSPS) is 12.5. The highest BCUT2D eigenvalue weighted by Gasteiger charge is 2.36. The van der Waals surface area contributed by atoms with Crippen molar-refractivity contribution in [2.24, 2.45) is 0 Å². The molecule has 0 aliphatic rings. The molecule has 0 aliphatic heterocycles. The highest BCUT2D eigenvalue weighted by Crippen LogP contribution is 2.25. The van der Waals surface area contributed by atoms with Crippen LogP contribution < -0.4 is 10.6 Å². The van der Waals surface area contributed by atoms with Crippen molar-refractivity contribution in [3.63, 3.8) is 0 Å². The number of rotatable bonds is 14. The van der Waals surface area contributed by atoms with Gasteiger partial charge in [-0.05, 0) is 45.2 Å². The number of hydrogen-bond donors (Lipinski definition) is 2. The summed E-state index contributed by atoms with van der Waals surface area (Å²) >= 11 is 0. The molecule has 2 unspecified atom stereocenters. The van der Waals surface area contributed by atoms with E-state index in [1.54, 1.807) is 32.9 Å². The molecule has 0 radical (unpaired) electrons. The van der Waals surface area contributed by atoms with Crippen LogP contribution in [0.2, 0.25) is 0 Å². The molecule has 41 heavy (non-hydrogen) atoms. The van der Waals surface area contributed by atoms with Crippen molar-refractivity contribution < 1.29 is 28.7 Å².